The fourth-order valence-corrected chi connectivity index (χ4v) is 1.95. The Balaban J connectivity index is 2.60. The average molecular weight is 188 g/mol. The second-order valence-corrected chi connectivity index (χ2v) is 3.53. The van der Waals surface area contributed by atoms with Crippen LogP contribution in [-0.4, -0.2) is 36.6 Å². The number of hydrogen-bond donors (Lipinski definition) is 1. The van der Waals surface area contributed by atoms with Gasteiger partial charge >= 0.3 is 0 Å². The lowest BCUT2D eigenvalue weighted by atomic mass is 9.86. The highest BCUT2D eigenvalue weighted by atomic mass is 16.5. The highest BCUT2D eigenvalue weighted by molar-refractivity contribution is 4.89. The average Bonchev–Trinajstić information content (AvgIpc) is 2.18. The van der Waals surface area contributed by atoms with Gasteiger partial charge in [0.1, 0.15) is 0 Å². The molecule has 0 aliphatic carbocycles. The lowest BCUT2D eigenvalue weighted by Gasteiger charge is -2.40. The van der Waals surface area contributed by atoms with Gasteiger partial charge in [-0.1, -0.05) is 6.92 Å². The van der Waals surface area contributed by atoms with Gasteiger partial charge in [0.15, 0.2) is 0 Å². The van der Waals surface area contributed by atoms with Crippen molar-refractivity contribution in [3.63, 3.8) is 0 Å². The molecule has 3 heteroatoms. The third kappa shape index (κ3) is 2.42. The SMILES string of the molecule is CCOC1(C(O)CC)CCOCC1. The number of ether oxygens (including phenoxy) is 2. The summed E-state index contributed by atoms with van der Waals surface area (Å²) in [7, 11) is 0. The summed E-state index contributed by atoms with van der Waals surface area (Å²) in [6.07, 6.45) is 2.03. The summed E-state index contributed by atoms with van der Waals surface area (Å²) in [4.78, 5) is 0. The molecule has 13 heavy (non-hydrogen) atoms. The van der Waals surface area contributed by atoms with Crippen molar-refractivity contribution in [3.8, 4) is 0 Å². The second-order valence-electron chi connectivity index (χ2n) is 3.53. The Morgan fingerprint density at radius 2 is 2.00 bits per heavy atom. The highest BCUT2D eigenvalue weighted by Gasteiger charge is 2.39. The first-order chi connectivity index (χ1) is 6.25. The van der Waals surface area contributed by atoms with E-state index in [2.05, 4.69) is 0 Å². The molecule has 1 heterocycles. The molecule has 0 bridgehead atoms. The van der Waals surface area contributed by atoms with Gasteiger partial charge in [-0.25, -0.2) is 0 Å². The fraction of sp³-hybridized carbons (Fsp3) is 1.00. The van der Waals surface area contributed by atoms with Crippen molar-refractivity contribution in [2.24, 2.45) is 0 Å². The fourth-order valence-electron chi connectivity index (χ4n) is 1.95. The maximum atomic E-state index is 9.88. The minimum Gasteiger partial charge on any atom is -0.390 e. The third-order valence-corrected chi connectivity index (χ3v) is 2.76. The molecule has 0 aromatic heterocycles. The van der Waals surface area contributed by atoms with Crippen molar-refractivity contribution in [3.05, 3.63) is 0 Å². The van der Waals surface area contributed by atoms with Crippen LogP contribution in [0.15, 0.2) is 0 Å². The summed E-state index contributed by atoms with van der Waals surface area (Å²) >= 11 is 0. The maximum Gasteiger partial charge on any atom is 0.0983 e. The molecular weight excluding hydrogens is 168 g/mol. The molecule has 1 unspecified atom stereocenters. The molecule has 1 atom stereocenters. The molecule has 0 aromatic rings. The summed E-state index contributed by atoms with van der Waals surface area (Å²) in [6, 6.07) is 0. The lowest BCUT2D eigenvalue weighted by Crippen LogP contribution is -2.48. The second kappa shape index (κ2) is 4.94. The van der Waals surface area contributed by atoms with Crippen LogP contribution in [0.1, 0.15) is 33.1 Å². The van der Waals surface area contributed by atoms with Crippen molar-refractivity contribution < 1.29 is 14.6 Å². The monoisotopic (exact) mass is 188 g/mol. The predicted molar refractivity (Wildman–Crippen MR) is 50.7 cm³/mol. The zero-order chi connectivity index (χ0) is 9.73. The zero-order valence-corrected chi connectivity index (χ0v) is 8.58. The molecule has 0 saturated carbocycles. The first-order valence-electron chi connectivity index (χ1n) is 5.15. The smallest absolute Gasteiger partial charge is 0.0983 e. The molecule has 1 fully saturated rings. The van der Waals surface area contributed by atoms with Crippen molar-refractivity contribution in [2.75, 3.05) is 19.8 Å². The van der Waals surface area contributed by atoms with E-state index in [-0.39, 0.29) is 11.7 Å². The molecule has 3 nitrogen and oxygen atoms in total. The van der Waals surface area contributed by atoms with E-state index < -0.39 is 0 Å². The Morgan fingerprint density at radius 3 is 2.46 bits per heavy atom. The van der Waals surface area contributed by atoms with Crippen LogP contribution in [0.4, 0.5) is 0 Å². The quantitative estimate of drug-likeness (QED) is 0.723. The van der Waals surface area contributed by atoms with Crippen LogP contribution in [0.25, 0.3) is 0 Å². The first kappa shape index (κ1) is 11.0. The Bertz CT molecular complexity index is 136. The van der Waals surface area contributed by atoms with Crippen LogP contribution in [0.5, 0.6) is 0 Å². The molecule has 0 spiro atoms. The topological polar surface area (TPSA) is 38.7 Å². The summed E-state index contributed by atoms with van der Waals surface area (Å²) < 4.78 is 11.0. The molecule has 0 amide bonds. The van der Waals surface area contributed by atoms with Gasteiger partial charge in [0, 0.05) is 32.7 Å². The van der Waals surface area contributed by atoms with E-state index in [4.69, 9.17) is 9.47 Å². The molecule has 0 radical (unpaired) electrons. The first-order valence-corrected chi connectivity index (χ1v) is 5.15. The lowest BCUT2D eigenvalue weighted by molar-refractivity contribution is -0.166. The largest absolute Gasteiger partial charge is 0.390 e. The van der Waals surface area contributed by atoms with E-state index in [0.29, 0.717) is 19.8 Å². The van der Waals surface area contributed by atoms with E-state index in [1.54, 1.807) is 0 Å². The van der Waals surface area contributed by atoms with Crippen LogP contribution < -0.4 is 0 Å². The summed E-state index contributed by atoms with van der Waals surface area (Å²) in [6.45, 7) is 6.03. The van der Waals surface area contributed by atoms with E-state index in [1.165, 1.54) is 0 Å². The van der Waals surface area contributed by atoms with Gasteiger partial charge < -0.3 is 14.6 Å². The molecule has 1 N–H and O–H groups in total. The molecule has 1 saturated heterocycles. The van der Waals surface area contributed by atoms with Gasteiger partial charge in [-0.3, -0.25) is 0 Å². The van der Waals surface area contributed by atoms with Crippen LogP contribution >= 0.6 is 0 Å². The summed E-state index contributed by atoms with van der Waals surface area (Å²) in [5, 5.41) is 9.88. The van der Waals surface area contributed by atoms with Gasteiger partial charge in [-0.15, -0.1) is 0 Å². The molecule has 1 aliphatic heterocycles. The van der Waals surface area contributed by atoms with Crippen LogP contribution in [0.3, 0.4) is 0 Å². The third-order valence-electron chi connectivity index (χ3n) is 2.76. The molecule has 0 aromatic carbocycles. The Morgan fingerprint density at radius 1 is 1.38 bits per heavy atom. The number of rotatable bonds is 4. The predicted octanol–water partition coefficient (Wildman–Crippen LogP) is 1.34. The van der Waals surface area contributed by atoms with Crippen molar-refractivity contribution in [2.45, 2.75) is 44.8 Å². The number of aliphatic hydroxyl groups excluding tert-OH is 1. The maximum absolute atomic E-state index is 9.88. The van der Waals surface area contributed by atoms with Crippen LogP contribution in [0.2, 0.25) is 0 Å². The van der Waals surface area contributed by atoms with Gasteiger partial charge in [0.25, 0.3) is 0 Å². The van der Waals surface area contributed by atoms with Crippen molar-refractivity contribution >= 4 is 0 Å². The number of aliphatic hydroxyl groups is 1. The Labute approximate surface area is 80.0 Å². The summed E-state index contributed by atoms with van der Waals surface area (Å²) in [5.41, 5.74) is -0.332. The van der Waals surface area contributed by atoms with E-state index in [9.17, 15) is 5.11 Å². The normalized spacial score (nSPS) is 24.2. The van der Waals surface area contributed by atoms with Crippen molar-refractivity contribution in [1.29, 1.82) is 0 Å². The van der Waals surface area contributed by atoms with E-state index >= 15 is 0 Å². The van der Waals surface area contributed by atoms with Gasteiger partial charge in [-0.05, 0) is 13.3 Å². The summed E-state index contributed by atoms with van der Waals surface area (Å²) in [5.74, 6) is 0. The molecule has 1 rings (SSSR count). The van der Waals surface area contributed by atoms with Gasteiger partial charge in [-0.2, -0.15) is 0 Å². The Kier molecular flexibility index (Phi) is 4.16. The molecular formula is C10H20O3. The Hall–Kier alpha value is -0.120. The van der Waals surface area contributed by atoms with Crippen molar-refractivity contribution in [1.82, 2.24) is 0 Å². The van der Waals surface area contributed by atoms with Gasteiger partial charge in [0.2, 0.25) is 0 Å². The highest BCUT2D eigenvalue weighted by Crippen LogP contribution is 2.30. The standard InChI is InChI=1S/C10H20O3/c1-3-9(11)10(13-4-2)5-7-12-8-6-10/h9,11H,3-8H2,1-2H3. The van der Waals surface area contributed by atoms with Gasteiger partial charge in [0.05, 0.1) is 11.7 Å². The molecule has 78 valence electrons. The zero-order valence-electron chi connectivity index (χ0n) is 8.58. The molecule has 1 aliphatic rings. The van der Waals surface area contributed by atoms with Crippen LogP contribution in [0, 0.1) is 0 Å². The minimum absolute atomic E-state index is 0.332. The van der Waals surface area contributed by atoms with E-state index in [1.807, 2.05) is 13.8 Å². The van der Waals surface area contributed by atoms with Crippen LogP contribution in [-0.2, 0) is 9.47 Å². The van der Waals surface area contributed by atoms with E-state index in [0.717, 1.165) is 19.3 Å². The minimum atomic E-state index is -0.351. The number of hydrogen-bond acceptors (Lipinski definition) is 3.